The summed E-state index contributed by atoms with van der Waals surface area (Å²) >= 11 is 0. The highest BCUT2D eigenvalue weighted by Crippen LogP contribution is 2.32. The Balaban J connectivity index is 1.09. The molecule has 3 aliphatic heterocycles. The summed E-state index contributed by atoms with van der Waals surface area (Å²) in [6, 6.07) is 23.8. The zero-order chi connectivity index (χ0) is 35.7. The van der Waals surface area contributed by atoms with Crippen molar-refractivity contribution in [3.05, 3.63) is 130 Å². The molecule has 5 atom stereocenters. The summed E-state index contributed by atoms with van der Waals surface area (Å²) in [6.07, 6.45) is 4.10. The molecule has 6 N–H and O–H groups in total. The van der Waals surface area contributed by atoms with Crippen LogP contribution < -0.4 is 21.1 Å². The fraction of sp³-hybridized carbons (Fsp3) is 0.361. The normalized spacial score (nSPS) is 24.5. The summed E-state index contributed by atoms with van der Waals surface area (Å²) in [6.45, 7) is 2.43. The fourth-order valence-electron chi connectivity index (χ4n) is 6.96. The van der Waals surface area contributed by atoms with Gasteiger partial charge < -0.3 is 20.5 Å². The SMILES string of the molecule is N=C(N)c1ccc(CNC2(C3Cc4cn(nn4)Cc4cccc(c4)Cn4cc(nn4)CC(NS(=O)(=O)Cc4ccccc4)C4OCC4N3)CO2)cc1. The van der Waals surface area contributed by atoms with Gasteiger partial charge in [0.25, 0.3) is 0 Å². The Labute approximate surface area is 301 Å². The lowest BCUT2D eigenvalue weighted by Crippen LogP contribution is -2.68. The van der Waals surface area contributed by atoms with Crippen molar-refractivity contribution in [2.45, 2.75) is 68.2 Å². The minimum atomic E-state index is -3.76. The maximum atomic E-state index is 13.6. The lowest BCUT2D eigenvalue weighted by Gasteiger charge is -2.44. The molecule has 0 amide bonds. The lowest BCUT2D eigenvalue weighted by atomic mass is 9.93. The largest absolute Gasteiger partial charge is 0.384 e. The van der Waals surface area contributed by atoms with E-state index in [-0.39, 0.29) is 30.1 Å². The molecule has 3 aliphatic rings. The molecule has 5 heterocycles. The number of nitrogens with two attached hydrogens (primary N) is 1. The summed E-state index contributed by atoms with van der Waals surface area (Å²) in [7, 11) is -3.76. The maximum Gasteiger partial charge on any atom is 0.216 e. The zero-order valence-electron chi connectivity index (χ0n) is 28.4. The summed E-state index contributed by atoms with van der Waals surface area (Å²) in [5.41, 5.74) is 10.9. The molecule has 5 aromatic rings. The molecular weight excluding hydrogens is 683 g/mol. The van der Waals surface area contributed by atoms with Crippen LogP contribution in [0.1, 0.15) is 39.2 Å². The number of hydrogen-bond acceptors (Lipinski definition) is 11. The van der Waals surface area contributed by atoms with Crippen molar-refractivity contribution >= 4 is 15.9 Å². The van der Waals surface area contributed by atoms with Gasteiger partial charge in [0.05, 0.1) is 67.7 Å². The van der Waals surface area contributed by atoms with Crippen molar-refractivity contribution in [1.29, 1.82) is 5.41 Å². The number of hydrogen-bond donors (Lipinski definition) is 5. The molecule has 270 valence electrons. The summed E-state index contributed by atoms with van der Waals surface area (Å²) in [5.74, 6) is -0.142. The first-order chi connectivity index (χ1) is 25.2. The number of aromatic nitrogens is 6. The maximum absolute atomic E-state index is 13.6. The van der Waals surface area contributed by atoms with Crippen LogP contribution in [-0.4, -0.2) is 87.4 Å². The van der Waals surface area contributed by atoms with Gasteiger partial charge in [0.15, 0.2) is 5.72 Å². The number of benzene rings is 3. The molecule has 0 saturated carbocycles. The first-order valence-electron chi connectivity index (χ1n) is 17.3. The van der Waals surface area contributed by atoms with Gasteiger partial charge in [-0.1, -0.05) is 89.3 Å². The number of sulfonamides is 1. The van der Waals surface area contributed by atoms with E-state index in [1.54, 1.807) is 16.8 Å². The van der Waals surface area contributed by atoms with Gasteiger partial charge in [0.1, 0.15) is 5.84 Å². The van der Waals surface area contributed by atoms with Crippen molar-refractivity contribution in [1.82, 2.24) is 45.3 Å². The fourth-order valence-corrected chi connectivity index (χ4v) is 8.36. The number of amidine groups is 1. The number of nitrogens with zero attached hydrogens (tertiary/aromatic N) is 6. The minimum Gasteiger partial charge on any atom is -0.384 e. The van der Waals surface area contributed by atoms with Crippen molar-refractivity contribution in [2.24, 2.45) is 5.73 Å². The Morgan fingerprint density at radius 3 is 2.21 bits per heavy atom. The molecule has 2 saturated heterocycles. The van der Waals surface area contributed by atoms with Gasteiger partial charge in [-0.2, -0.15) is 0 Å². The van der Waals surface area contributed by atoms with Crippen molar-refractivity contribution in [3.8, 4) is 0 Å². The predicted octanol–water partition coefficient (Wildman–Crippen LogP) is 1.08. The lowest BCUT2D eigenvalue weighted by molar-refractivity contribution is -0.108. The third-order valence-corrected chi connectivity index (χ3v) is 11.2. The topological polar surface area (TPSA) is 203 Å². The summed E-state index contributed by atoms with van der Waals surface area (Å²) in [5, 5.41) is 32.9. The Bertz CT molecular complexity index is 2130. The second-order valence-electron chi connectivity index (χ2n) is 13.8. The Morgan fingerprint density at radius 2 is 1.60 bits per heavy atom. The molecule has 52 heavy (non-hydrogen) atoms. The molecular formula is C36H41N11O4S. The van der Waals surface area contributed by atoms with Crippen LogP contribution in [0.4, 0.5) is 0 Å². The van der Waals surface area contributed by atoms with Crippen LogP contribution >= 0.6 is 0 Å². The van der Waals surface area contributed by atoms with Crippen LogP contribution in [0.15, 0.2) is 91.3 Å². The average Bonchev–Trinajstić information content (AvgIpc) is 3.57. The number of ether oxygens (including phenoxy) is 2. The van der Waals surface area contributed by atoms with E-state index < -0.39 is 27.9 Å². The molecule has 2 aromatic heterocycles. The van der Waals surface area contributed by atoms with Crippen molar-refractivity contribution < 1.29 is 17.9 Å². The monoisotopic (exact) mass is 723 g/mol. The van der Waals surface area contributed by atoms with Gasteiger partial charge >= 0.3 is 0 Å². The third kappa shape index (κ3) is 7.96. The number of nitrogens with one attached hydrogen (secondary N) is 4. The van der Waals surface area contributed by atoms with E-state index in [1.165, 1.54) is 0 Å². The van der Waals surface area contributed by atoms with Gasteiger partial charge in [0.2, 0.25) is 10.0 Å². The molecule has 0 spiro atoms. The Kier molecular flexibility index (Phi) is 9.42. The second kappa shape index (κ2) is 14.3. The number of epoxide rings is 1. The standard InChI is InChI=1S/C36H41N11O4S/c37-35(38)28-11-9-24(10-12-28)16-39-36(23-51-36)33-15-30-20-47(45-42-30)18-27-8-4-7-26(13-27)17-46-19-29(41-44-46)14-31(34-32(40-33)21-50-34)43-52(48,49)22-25-5-2-1-3-6-25/h1-13,19-20,31-34,39-40,43H,14-18,21-23H2,(H3,37,38). The van der Waals surface area contributed by atoms with Gasteiger partial charge in [-0.25, -0.2) is 22.5 Å². The van der Waals surface area contributed by atoms with E-state index in [9.17, 15) is 8.42 Å². The van der Waals surface area contributed by atoms with Crippen LogP contribution in [0.5, 0.6) is 0 Å². The molecule has 0 radical (unpaired) electrons. The van der Waals surface area contributed by atoms with Gasteiger partial charge in [-0.3, -0.25) is 10.7 Å². The molecule has 0 aliphatic carbocycles. The van der Waals surface area contributed by atoms with Gasteiger partial charge in [-0.05, 0) is 22.3 Å². The van der Waals surface area contributed by atoms with E-state index in [4.69, 9.17) is 20.6 Å². The number of nitrogen functional groups attached to an aromatic ring is 1. The van der Waals surface area contributed by atoms with Crippen molar-refractivity contribution in [3.63, 3.8) is 0 Å². The highest BCUT2D eigenvalue weighted by molar-refractivity contribution is 7.88. The van der Waals surface area contributed by atoms with Crippen LogP contribution in [-0.2, 0) is 57.7 Å². The van der Waals surface area contributed by atoms with Crippen LogP contribution in [0, 0.1) is 5.41 Å². The second-order valence-corrected chi connectivity index (χ2v) is 15.5. The van der Waals surface area contributed by atoms with E-state index in [1.807, 2.05) is 71.7 Å². The van der Waals surface area contributed by atoms with E-state index in [0.717, 1.165) is 22.4 Å². The van der Waals surface area contributed by atoms with E-state index >= 15 is 0 Å². The molecule has 15 nitrogen and oxygen atoms in total. The average molecular weight is 724 g/mol. The predicted molar refractivity (Wildman–Crippen MR) is 192 cm³/mol. The first kappa shape index (κ1) is 34.3. The Hall–Kier alpha value is -4.84. The molecule has 8 rings (SSSR count). The number of fused-ring (bicyclic) bond motifs is 7. The van der Waals surface area contributed by atoms with Gasteiger partial charge in [-0.15, -0.1) is 10.2 Å². The summed E-state index contributed by atoms with van der Waals surface area (Å²) < 4.78 is 46.1. The van der Waals surface area contributed by atoms with Gasteiger partial charge in [0, 0.05) is 37.3 Å². The third-order valence-electron chi connectivity index (χ3n) is 9.78. The van der Waals surface area contributed by atoms with Crippen LogP contribution in [0.2, 0.25) is 0 Å². The molecule has 6 bridgehead atoms. The highest BCUT2D eigenvalue weighted by Gasteiger charge is 2.54. The highest BCUT2D eigenvalue weighted by atomic mass is 32.2. The number of rotatable bonds is 9. The Morgan fingerprint density at radius 1 is 0.923 bits per heavy atom. The zero-order valence-corrected chi connectivity index (χ0v) is 29.2. The van der Waals surface area contributed by atoms with Crippen LogP contribution in [0.3, 0.4) is 0 Å². The van der Waals surface area contributed by atoms with Crippen LogP contribution in [0.25, 0.3) is 0 Å². The molecule has 5 unspecified atom stereocenters. The quantitative estimate of drug-likeness (QED) is 0.0828. The summed E-state index contributed by atoms with van der Waals surface area (Å²) in [4.78, 5) is 0. The minimum absolute atomic E-state index is 0.0197. The molecule has 3 aromatic carbocycles. The van der Waals surface area contributed by atoms with E-state index in [2.05, 4.69) is 48.1 Å². The smallest absolute Gasteiger partial charge is 0.216 e. The van der Waals surface area contributed by atoms with Crippen molar-refractivity contribution in [2.75, 3.05) is 13.2 Å². The molecule has 16 heteroatoms. The van der Waals surface area contributed by atoms with E-state index in [0.29, 0.717) is 56.1 Å². The first-order valence-corrected chi connectivity index (χ1v) is 18.9. The molecule has 2 fully saturated rings.